The maximum atomic E-state index is 10.2. The van der Waals surface area contributed by atoms with Crippen molar-refractivity contribution in [3.05, 3.63) is 66.0 Å². The smallest absolute Gasteiger partial charge is 0.0915 e. The summed E-state index contributed by atoms with van der Waals surface area (Å²) in [6.07, 6.45) is 3.94. The first-order valence-corrected chi connectivity index (χ1v) is 7.86. The molecular weight excluding hydrogens is 272 g/mol. The van der Waals surface area contributed by atoms with Gasteiger partial charge in [0.2, 0.25) is 0 Å². The summed E-state index contributed by atoms with van der Waals surface area (Å²) >= 11 is 0. The second-order valence-corrected chi connectivity index (χ2v) is 6.56. The lowest BCUT2D eigenvalue weighted by molar-refractivity contribution is 0.168. The Morgan fingerprint density at radius 2 is 1.73 bits per heavy atom. The highest BCUT2D eigenvalue weighted by Crippen LogP contribution is 2.28. The van der Waals surface area contributed by atoms with Gasteiger partial charge in [0.25, 0.3) is 0 Å². The summed E-state index contributed by atoms with van der Waals surface area (Å²) in [5.74, 6) is 0. The zero-order valence-corrected chi connectivity index (χ0v) is 13.7. The Labute approximate surface area is 133 Å². The van der Waals surface area contributed by atoms with Crippen molar-refractivity contribution in [2.45, 2.75) is 44.8 Å². The molecule has 118 valence electrons. The van der Waals surface area contributed by atoms with Crippen LogP contribution >= 0.6 is 0 Å². The van der Waals surface area contributed by atoms with E-state index in [2.05, 4.69) is 55.3 Å². The Balaban J connectivity index is 1.86. The summed E-state index contributed by atoms with van der Waals surface area (Å²) in [5.41, 5.74) is 2.35. The van der Waals surface area contributed by atoms with Gasteiger partial charge in [-0.25, -0.2) is 0 Å². The molecule has 22 heavy (non-hydrogen) atoms. The van der Waals surface area contributed by atoms with Crippen LogP contribution in [0.5, 0.6) is 0 Å². The van der Waals surface area contributed by atoms with E-state index in [0.29, 0.717) is 12.6 Å². The minimum Gasteiger partial charge on any atom is -0.387 e. The number of benzene rings is 1. The molecule has 0 amide bonds. The topological polar surface area (TPSA) is 45.1 Å². The van der Waals surface area contributed by atoms with Crippen LogP contribution in [0.25, 0.3) is 0 Å². The van der Waals surface area contributed by atoms with Crippen LogP contribution in [0.1, 0.15) is 44.4 Å². The predicted molar refractivity (Wildman–Crippen MR) is 90.7 cm³/mol. The number of aliphatic hydroxyl groups is 1. The molecule has 2 aromatic rings. The summed E-state index contributed by atoms with van der Waals surface area (Å²) < 4.78 is 0. The van der Waals surface area contributed by atoms with Crippen LogP contribution in [-0.2, 0) is 5.41 Å². The standard InChI is InChI=1S/C19H26N2O/c1-15(13-19(2,3)17-7-5-4-6-8-17)21-14-18(22)16-9-11-20-12-10-16/h4-12,15,18,21-22H,13-14H2,1-3H3. The SMILES string of the molecule is CC(CC(C)(C)c1ccccc1)NCC(O)c1ccncc1. The average molecular weight is 298 g/mol. The minimum atomic E-state index is -0.495. The van der Waals surface area contributed by atoms with Crippen LogP contribution in [0.15, 0.2) is 54.9 Å². The van der Waals surface area contributed by atoms with Gasteiger partial charge in [0, 0.05) is 25.0 Å². The lowest BCUT2D eigenvalue weighted by Gasteiger charge is -2.29. The van der Waals surface area contributed by atoms with Gasteiger partial charge in [-0.2, -0.15) is 0 Å². The molecule has 1 aromatic heterocycles. The Bertz CT molecular complexity index is 554. The Kier molecular flexibility index (Phi) is 5.69. The summed E-state index contributed by atoms with van der Waals surface area (Å²) in [4.78, 5) is 3.97. The molecule has 0 bridgehead atoms. The molecule has 0 aliphatic carbocycles. The van der Waals surface area contributed by atoms with Gasteiger partial charge in [0.15, 0.2) is 0 Å². The van der Waals surface area contributed by atoms with Crippen LogP contribution in [0.3, 0.4) is 0 Å². The molecule has 1 aromatic carbocycles. The van der Waals surface area contributed by atoms with Crippen LogP contribution < -0.4 is 5.32 Å². The normalized spacial score (nSPS) is 14.5. The zero-order chi connectivity index (χ0) is 16.0. The first kappa shape index (κ1) is 16.7. The summed E-state index contributed by atoms with van der Waals surface area (Å²) in [5, 5.41) is 13.6. The van der Waals surface area contributed by atoms with Crippen LogP contribution in [0, 0.1) is 0 Å². The number of pyridine rings is 1. The molecule has 0 aliphatic heterocycles. The molecule has 1 heterocycles. The Hall–Kier alpha value is -1.71. The van der Waals surface area contributed by atoms with E-state index >= 15 is 0 Å². The van der Waals surface area contributed by atoms with Crippen LogP contribution in [-0.4, -0.2) is 22.7 Å². The third-order valence-corrected chi connectivity index (χ3v) is 4.12. The fourth-order valence-corrected chi connectivity index (χ4v) is 2.86. The van der Waals surface area contributed by atoms with Crippen molar-refractivity contribution in [1.29, 1.82) is 0 Å². The molecule has 0 saturated carbocycles. The number of aromatic nitrogens is 1. The van der Waals surface area contributed by atoms with E-state index in [1.807, 2.05) is 18.2 Å². The molecular formula is C19H26N2O. The highest BCUT2D eigenvalue weighted by molar-refractivity contribution is 5.23. The van der Waals surface area contributed by atoms with Crippen molar-refractivity contribution in [3.63, 3.8) is 0 Å². The maximum Gasteiger partial charge on any atom is 0.0915 e. The van der Waals surface area contributed by atoms with Gasteiger partial charge in [0.05, 0.1) is 6.10 Å². The number of hydrogen-bond donors (Lipinski definition) is 2. The molecule has 2 N–H and O–H groups in total. The van der Waals surface area contributed by atoms with Gasteiger partial charge < -0.3 is 10.4 Å². The fourth-order valence-electron chi connectivity index (χ4n) is 2.86. The highest BCUT2D eigenvalue weighted by Gasteiger charge is 2.23. The van der Waals surface area contributed by atoms with Crippen LogP contribution in [0.4, 0.5) is 0 Å². The number of nitrogens with zero attached hydrogens (tertiary/aromatic N) is 1. The van der Waals surface area contributed by atoms with Crippen molar-refractivity contribution in [3.8, 4) is 0 Å². The molecule has 0 fully saturated rings. The molecule has 3 heteroatoms. The summed E-state index contributed by atoms with van der Waals surface area (Å²) in [6.45, 7) is 7.25. The maximum absolute atomic E-state index is 10.2. The van der Waals surface area contributed by atoms with Gasteiger partial charge in [-0.1, -0.05) is 44.2 Å². The minimum absolute atomic E-state index is 0.106. The average Bonchev–Trinajstić information content (AvgIpc) is 2.54. The van der Waals surface area contributed by atoms with Gasteiger partial charge in [0.1, 0.15) is 0 Å². The monoisotopic (exact) mass is 298 g/mol. The van der Waals surface area contributed by atoms with Gasteiger partial charge in [-0.05, 0) is 42.0 Å². The van der Waals surface area contributed by atoms with E-state index in [1.54, 1.807) is 12.4 Å². The Morgan fingerprint density at radius 3 is 2.36 bits per heavy atom. The van der Waals surface area contributed by atoms with Crippen molar-refractivity contribution >= 4 is 0 Å². The largest absolute Gasteiger partial charge is 0.387 e. The van der Waals surface area contributed by atoms with E-state index in [4.69, 9.17) is 0 Å². The molecule has 2 atom stereocenters. The lowest BCUT2D eigenvalue weighted by Crippen LogP contribution is -2.35. The number of aliphatic hydroxyl groups excluding tert-OH is 1. The molecule has 2 rings (SSSR count). The van der Waals surface area contributed by atoms with Crippen molar-refractivity contribution in [2.75, 3.05) is 6.54 Å². The van der Waals surface area contributed by atoms with E-state index < -0.39 is 6.10 Å². The molecule has 0 radical (unpaired) electrons. The third-order valence-electron chi connectivity index (χ3n) is 4.12. The van der Waals surface area contributed by atoms with Crippen molar-refractivity contribution in [1.82, 2.24) is 10.3 Å². The van der Waals surface area contributed by atoms with E-state index in [0.717, 1.165) is 12.0 Å². The quantitative estimate of drug-likeness (QED) is 0.823. The van der Waals surface area contributed by atoms with Gasteiger partial charge in [-0.3, -0.25) is 4.98 Å². The molecule has 3 nitrogen and oxygen atoms in total. The second kappa shape index (κ2) is 7.52. The first-order valence-electron chi connectivity index (χ1n) is 7.86. The number of hydrogen-bond acceptors (Lipinski definition) is 3. The van der Waals surface area contributed by atoms with Gasteiger partial charge >= 0.3 is 0 Å². The summed E-state index contributed by atoms with van der Waals surface area (Å²) in [7, 11) is 0. The number of rotatable bonds is 7. The van der Waals surface area contributed by atoms with Crippen molar-refractivity contribution < 1.29 is 5.11 Å². The van der Waals surface area contributed by atoms with E-state index in [9.17, 15) is 5.11 Å². The highest BCUT2D eigenvalue weighted by atomic mass is 16.3. The predicted octanol–water partition coefficient (Wildman–Crippen LogP) is 3.46. The lowest BCUT2D eigenvalue weighted by atomic mass is 9.79. The molecule has 0 aliphatic rings. The zero-order valence-electron chi connectivity index (χ0n) is 13.7. The summed E-state index contributed by atoms with van der Waals surface area (Å²) in [6, 6.07) is 14.6. The third kappa shape index (κ3) is 4.65. The molecule has 0 saturated heterocycles. The first-order chi connectivity index (χ1) is 10.5. The van der Waals surface area contributed by atoms with E-state index in [1.165, 1.54) is 5.56 Å². The van der Waals surface area contributed by atoms with E-state index in [-0.39, 0.29) is 5.41 Å². The molecule has 0 spiro atoms. The fraction of sp³-hybridized carbons (Fsp3) is 0.421. The number of nitrogens with one attached hydrogen (secondary N) is 1. The van der Waals surface area contributed by atoms with Gasteiger partial charge in [-0.15, -0.1) is 0 Å². The van der Waals surface area contributed by atoms with Crippen LogP contribution in [0.2, 0.25) is 0 Å². The molecule has 2 unspecified atom stereocenters. The Morgan fingerprint density at radius 1 is 1.09 bits per heavy atom. The van der Waals surface area contributed by atoms with Crippen molar-refractivity contribution in [2.24, 2.45) is 0 Å². The second-order valence-electron chi connectivity index (χ2n) is 6.56.